The number of unbranched alkanes of at least 4 members (excludes halogenated alkanes) is 12. The van der Waals surface area contributed by atoms with Crippen LogP contribution in [0.1, 0.15) is 124 Å². The molecule has 0 spiro atoms. The van der Waals surface area contributed by atoms with Crippen molar-refractivity contribution in [2.45, 2.75) is 124 Å². The lowest BCUT2D eigenvalue weighted by atomic mass is 9.82. The van der Waals surface area contributed by atoms with E-state index in [0.29, 0.717) is 32.7 Å². The molecule has 5 nitrogen and oxygen atoms in total. The van der Waals surface area contributed by atoms with E-state index in [1.54, 1.807) is 0 Å². The number of rotatable bonds is 22. The molecule has 0 N–H and O–H groups in total. The zero-order chi connectivity index (χ0) is 23.2. The number of ether oxygens (including phenoxy) is 3. The van der Waals surface area contributed by atoms with Crippen LogP contribution in [0.5, 0.6) is 0 Å². The van der Waals surface area contributed by atoms with E-state index >= 15 is 0 Å². The van der Waals surface area contributed by atoms with Crippen molar-refractivity contribution in [1.82, 2.24) is 0 Å². The first-order valence-corrected chi connectivity index (χ1v) is 13.0. The first-order chi connectivity index (χ1) is 15.1. The normalized spacial score (nSPS) is 11.5. The van der Waals surface area contributed by atoms with Crippen LogP contribution >= 0.6 is 0 Å². The Morgan fingerprint density at radius 2 is 0.968 bits per heavy atom. The molecule has 0 fully saturated rings. The Bertz CT molecular complexity index is 432. The fourth-order valence-corrected chi connectivity index (χ4v) is 3.81. The molecule has 5 heteroatoms. The molecule has 0 atom stereocenters. The van der Waals surface area contributed by atoms with Crippen molar-refractivity contribution in [3.05, 3.63) is 0 Å². The van der Waals surface area contributed by atoms with E-state index in [0.717, 1.165) is 12.8 Å². The van der Waals surface area contributed by atoms with Gasteiger partial charge < -0.3 is 14.2 Å². The maximum atomic E-state index is 12.6. The molecule has 0 heterocycles. The Labute approximate surface area is 192 Å². The number of hydrogen-bond acceptors (Lipinski definition) is 5. The summed E-state index contributed by atoms with van der Waals surface area (Å²) in [5, 5.41) is 0. The van der Waals surface area contributed by atoms with Crippen LogP contribution < -0.4 is 0 Å². The van der Waals surface area contributed by atoms with Crippen LogP contribution in [-0.4, -0.2) is 38.4 Å². The molecule has 0 aliphatic carbocycles. The summed E-state index contributed by atoms with van der Waals surface area (Å²) < 4.78 is 15.9. The Balaban J connectivity index is 3.85. The highest BCUT2D eigenvalue weighted by atomic mass is 16.6. The Morgan fingerprint density at radius 3 is 1.39 bits per heavy atom. The molecule has 0 unspecified atom stereocenters. The second-order valence-corrected chi connectivity index (χ2v) is 8.50. The topological polar surface area (TPSA) is 61.8 Å². The molecule has 0 amide bonds. The number of carbonyl (C=O) groups is 2. The highest BCUT2D eigenvalue weighted by Gasteiger charge is 2.45. The van der Waals surface area contributed by atoms with Crippen molar-refractivity contribution in [2.75, 3.05) is 26.4 Å². The molecule has 0 bridgehead atoms. The molecule has 0 aromatic rings. The molecular formula is C26H50O5. The van der Waals surface area contributed by atoms with Crippen molar-refractivity contribution in [1.29, 1.82) is 0 Å². The van der Waals surface area contributed by atoms with Gasteiger partial charge in [0.15, 0.2) is 5.41 Å². The van der Waals surface area contributed by atoms with Gasteiger partial charge in [-0.2, -0.15) is 0 Å². The largest absolute Gasteiger partial charge is 0.465 e. The molecule has 0 aromatic carbocycles. The summed E-state index contributed by atoms with van der Waals surface area (Å²) in [5.74, 6) is -0.939. The van der Waals surface area contributed by atoms with Crippen LogP contribution in [0.4, 0.5) is 0 Å². The van der Waals surface area contributed by atoms with E-state index in [-0.39, 0.29) is 6.61 Å². The van der Waals surface area contributed by atoms with Gasteiger partial charge in [-0.3, -0.25) is 9.59 Å². The first-order valence-electron chi connectivity index (χ1n) is 13.0. The molecular weight excluding hydrogens is 392 g/mol. The van der Waals surface area contributed by atoms with Gasteiger partial charge in [0.25, 0.3) is 0 Å². The zero-order valence-corrected chi connectivity index (χ0v) is 21.0. The minimum Gasteiger partial charge on any atom is -0.465 e. The molecule has 0 rings (SSSR count). The van der Waals surface area contributed by atoms with Crippen molar-refractivity contribution in [2.24, 2.45) is 5.41 Å². The minimum atomic E-state index is -1.19. The van der Waals surface area contributed by atoms with E-state index < -0.39 is 17.4 Å². The molecule has 31 heavy (non-hydrogen) atoms. The highest BCUT2D eigenvalue weighted by molar-refractivity contribution is 5.99. The van der Waals surface area contributed by atoms with Crippen LogP contribution in [-0.2, 0) is 23.8 Å². The van der Waals surface area contributed by atoms with Crippen LogP contribution in [0.25, 0.3) is 0 Å². The number of carbonyl (C=O) groups excluding carboxylic acids is 2. The van der Waals surface area contributed by atoms with Gasteiger partial charge in [0.05, 0.1) is 13.2 Å². The van der Waals surface area contributed by atoms with Crippen LogP contribution in [0.15, 0.2) is 0 Å². The maximum Gasteiger partial charge on any atom is 0.323 e. The third-order valence-corrected chi connectivity index (χ3v) is 6.13. The van der Waals surface area contributed by atoms with Crippen molar-refractivity contribution in [3.8, 4) is 0 Å². The third-order valence-electron chi connectivity index (χ3n) is 6.13. The predicted octanol–water partition coefficient (Wildman–Crippen LogP) is 7.01. The summed E-state index contributed by atoms with van der Waals surface area (Å²) in [4.78, 5) is 25.1. The monoisotopic (exact) mass is 442 g/mol. The second kappa shape index (κ2) is 20.8. The number of hydrogen-bond donors (Lipinski definition) is 0. The average Bonchev–Trinajstić information content (AvgIpc) is 2.78. The summed E-state index contributed by atoms with van der Waals surface area (Å²) in [6.45, 7) is 9.28. The van der Waals surface area contributed by atoms with E-state index in [9.17, 15) is 9.59 Å². The SMILES string of the molecule is CCCCCCCCCCCCCCCOC(=O)C(CC)(CC)C(=O)OCCOCC. The molecule has 0 aliphatic rings. The van der Waals surface area contributed by atoms with Crippen molar-refractivity contribution >= 4 is 11.9 Å². The van der Waals surface area contributed by atoms with Gasteiger partial charge in [-0.05, 0) is 26.2 Å². The summed E-state index contributed by atoms with van der Waals surface area (Å²) in [6, 6.07) is 0. The maximum absolute atomic E-state index is 12.6. The number of esters is 2. The van der Waals surface area contributed by atoms with E-state index in [1.165, 1.54) is 70.6 Å². The molecule has 0 radical (unpaired) electrons. The van der Waals surface area contributed by atoms with Gasteiger partial charge in [0.1, 0.15) is 6.61 Å². The predicted molar refractivity (Wildman–Crippen MR) is 127 cm³/mol. The molecule has 0 aromatic heterocycles. The van der Waals surface area contributed by atoms with Gasteiger partial charge in [0, 0.05) is 6.61 Å². The van der Waals surface area contributed by atoms with E-state index in [1.807, 2.05) is 20.8 Å². The molecule has 0 saturated heterocycles. The standard InChI is InChI=1S/C26H50O5/c1-5-9-10-11-12-13-14-15-16-17-18-19-20-21-30-24(27)26(6-2,7-3)25(28)31-23-22-29-8-4/h5-23H2,1-4H3. The third kappa shape index (κ3) is 13.8. The van der Waals surface area contributed by atoms with Gasteiger partial charge in [-0.1, -0.05) is 97.8 Å². The summed E-state index contributed by atoms with van der Waals surface area (Å²) in [7, 11) is 0. The zero-order valence-electron chi connectivity index (χ0n) is 21.0. The van der Waals surface area contributed by atoms with Crippen molar-refractivity contribution in [3.63, 3.8) is 0 Å². The van der Waals surface area contributed by atoms with Crippen molar-refractivity contribution < 1.29 is 23.8 Å². The summed E-state index contributed by atoms with van der Waals surface area (Å²) >= 11 is 0. The smallest absolute Gasteiger partial charge is 0.323 e. The second-order valence-electron chi connectivity index (χ2n) is 8.50. The van der Waals surface area contributed by atoms with Gasteiger partial charge in [-0.15, -0.1) is 0 Å². The van der Waals surface area contributed by atoms with E-state index in [4.69, 9.17) is 14.2 Å². The van der Waals surface area contributed by atoms with Gasteiger partial charge in [0.2, 0.25) is 0 Å². The summed E-state index contributed by atoms with van der Waals surface area (Å²) in [6.07, 6.45) is 17.4. The van der Waals surface area contributed by atoms with Crippen LogP contribution in [0, 0.1) is 5.41 Å². The quantitative estimate of drug-likeness (QED) is 0.102. The Hall–Kier alpha value is -1.10. The summed E-state index contributed by atoms with van der Waals surface area (Å²) in [5.41, 5.74) is -1.19. The van der Waals surface area contributed by atoms with Gasteiger partial charge in [-0.25, -0.2) is 0 Å². The molecule has 184 valence electrons. The lowest BCUT2D eigenvalue weighted by molar-refractivity contribution is -0.174. The Kier molecular flexibility index (Phi) is 20.0. The average molecular weight is 443 g/mol. The lowest BCUT2D eigenvalue weighted by Gasteiger charge is -2.26. The van der Waals surface area contributed by atoms with E-state index in [2.05, 4.69) is 6.92 Å². The van der Waals surface area contributed by atoms with Gasteiger partial charge >= 0.3 is 11.9 Å². The van der Waals surface area contributed by atoms with Crippen LogP contribution in [0.2, 0.25) is 0 Å². The molecule has 0 saturated carbocycles. The fourth-order valence-electron chi connectivity index (χ4n) is 3.81. The molecule has 0 aliphatic heterocycles. The lowest BCUT2D eigenvalue weighted by Crippen LogP contribution is -2.41. The van der Waals surface area contributed by atoms with Crippen LogP contribution in [0.3, 0.4) is 0 Å². The highest BCUT2D eigenvalue weighted by Crippen LogP contribution is 2.30. The minimum absolute atomic E-state index is 0.167. The Morgan fingerprint density at radius 1 is 0.548 bits per heavy atom. The fraction of sp³-hybridized carbons (Fsp3) is 0.923. The first kappa shape index (κ1) is 29.9.